The Morgan fingerprint density at radius 3 is 2.78 bits per heavy atom. The van der Waals surface area contributed by atoms with Crippen LogP contribution in [-0.2, 0) is 11.2 Å². The van der Waals surface area contributed by atoms with Gasteiger partial charge < -0.3 is 10.2 Å². The Labute approximate surface area is 156 Å². The molecule has 0 aromatic carbocycles. The zero-order valence-corrected chi connectivity index (χ0v) is 14.7. The summed E-state index contributed by atoms with van der Waals surface area (Å²) >= 11 is 0. The minimum absolute atomic E-state index is 0.00562. The second kappa shape index (κ2) is 7.49. The monoisotopic (exact) mass is 361 g/mol. The van der Waals surface area contributed by atoms with E-state index in [1.807, 2.05) is 30.3 Å². The molecule has 0 saturated carbocycles. The Kier molecular flexibility index (Phi) is 4.74. The number of aryl methyl sites for hydroxylation is 1. The number of nitrogens with one attached hydrogen (secondary N) is 1. The molecule has 0 unspecified atom stereocenters. The fourth-order valence-corrected chi connectivity index (χ4v) is 3.07. The number of carbonyl (C=O) groups excluding carboxylic acids is 2. The minimum atomic E-state index is -0.136. The summed E-state index contributed by atoms with van der Waals surface area (Å²) in [5.41, 5.74) is 1.97. The Morgan fingerprint density at radius 2 is 1.96 bits per heavy atom. The van der Waals surface area contributed by atoms with Crippen molar-refractivity contribution >= 4 is 22.8 Å². The number of amides is 2. The van der Waals surface area contributed by atoms with Crippen LogP contribution in [0.5, 0.6) is 0 Å². The zero-order chi connectivity index (χ0) is 18.6. The molecule has 27 heavy (non-hydrogen) atoms. The van der Waals surface area contributed by atoms with E-state index in [4.69, 9.17) is 0 Å². The van der Waals surface area contributed by atoms with Crippen LogP contribution >= 0.6 is 0 Å². The smallest absolute Gasteiger partial charge is 0.272 e. The first-order valence-corrected chi connectivity index (χ1v) is 8.88. The molecule has 2 amide bonds. The lowest BCUT2D eigenvalue weighted by Gasteiger charge is -2.39. The number of aromatic nitrogens is 3. The highest BCUT2D eigenvalue weighted by Gasteiger charge is 2.32. The van der Waals surface area contributed by atoms with Gasteiger partial charge in [0.25, 0.3) is 5.91 Å². The van der Waals surface area contributed by atoms with Gasteiger partial charge >= 0.3 is 0 Å². The lowest BCUT2D eigenvalue weighted by Crippen LogP contribution is -2.61. The van der Waals surface area contributed by atoms with Gasteiger partial charge in [-0.15, -0.1) is 0 Å². The largest absolute Gasteiger partial charge is 0.350 e. The van der Waals surface area contributed by atoms with Crippen LogP contribution < -0.4 is 5.32 Å². The quantitative estimate of drug-likeness (QED) is 0.746. The molecule has 7 heteroatoms. The number of hydrogen-bond donors (Lipinski definition) is 1. The highest BCUT2D eigenvalue weighted by Crippen LogP contribution is 2.15. The van der Waals surface area contributed by atoms with Crippen molar-refractivity contribution in [1.29, 1.82) is 0 Å². The lowest BCUT2D eigenvalue weighted by molar-refractivity contribution is -0.122. The van der Waals surface area contributed by atoms with Gasteiger partial charge in [-0.1, -0.05) is 6.07 Å². The standard InChI is InChI=1S/C20H19N5O2/c26-18(8-5-14-3-1-9-21-11-14)23-16-12-25(13-16)20(27)17-7-6-15-4-2-10-22-19(15)24-17/h1-4,6-7,9-11,16H,5,8,12-13H2,(H,23,26). The van der Waals surface area contributed by atoms with Gasteiger partial charge in [-0.05, 0) is 42.3 Å². The van der Waals surface area contributed by atoms with E-state index >= 15 is 0 Å². The van der Waals surface area contributed by atoms with Crippen molar-refractivity contribution in [2.24, 2.45) is 0 Å². The van der Waals surface area contributed by atoms with Gasteiger partial charge in [0.15, 0.2) is 5.65 Å². The summed E-state index contributed by atoms with van der Waals surface area (Å²) in [5.74, 6) is -0.146. The first-order valence-electron chi connectivity index (χ1n) is 8.88. The second-order valence-electron chi connectivity index (χ2n) is 6.58. The van der Waals surface area contributed by atoms with Crippen molar-refractivity contribution in [1.82, 2.24) is 25.2 Å². The van der Waals surface area contributed by atoms with E-state index in [-0.39, 0.29) is 17.9 Å². The molecule has 7 nitrogen and oxygen atoms in total. The van der Waals surface area contributed by atoms with Crippen LogP contribution in [0.15, 0.2) is 55.0 Å². The van der Waals surface area contributed by atoms with E-state index in [0.29, 0.717) is 37.3 Å². The summed E-state index contributed by atoms with van der Waals surface area (Å²) in [6.45, 7) is 0.999. The Balaban J connectivity index is 1.27. The fourth-order valence-electron chi connectivity index (χ4n) is 3.07. The molecule has 1 fully saturated rings. The minimum Gasteiger partial charge on any atom is -0.350 e. The first kappa shape index (κ1) is 17.1. The average molecular weight is 361 g/mol. The van der Waals surface area contributed by atoms with Gasteiger partial charge in [0, 0.05) is 43.5 Å². The summed E-state index contributed by atoms with van der Waals surface area (Å²) in [6, 6.07) is 11.1. The van der Waals surface area contributed by atoms with Crippen molar-refractivity contribution in [3.05, 3.63) is 66.2 Å². The summed E-state index contributed by atoms with van der Waals surface area (Å²) in [6.07, 6.45) is 6.20. The van der Waals surface area contributed by atoms with Crippen LogP contribution in [0.4, 0.5) is 0 Å². The molecule has 0 atom stereocenters. The predicted molar refractivity (Wildman–Crippen MR) is 99.9 cm³/mol. The van der Waals surface area contributed by atoms with Crippen molar-refractivity contribution in [3.63, 3.8) is 0 Å². The van der Waals surface area contributed by atoms with E-state index in [1.165, 1.54) is 0 Å². The third-order valence-electron chi connectivity index (χ3n) is 4.58. The molecule has 1 N–H and O–H groups in total. The summed E-state index contributed by atoms with van der Waals surface area (Å²) in [5, 5.41) is 3.87. The molecule has 1 aliphatic heterocycles. The molecule has 1 aliphatic rings. The van der Waals surface area contributed by atoms with Gasteiger partial charge in [-0.25, -0.2) is 9.97 Å². The molecular formula is C20H19N5O2. The zero-order valence-electron chi connectivity index (χ0n) is 14.7. The van der Waals surface area contributed by atoms with Crippen LogP contribution in [0.3, 0.4) is 0 Å². The average Bonchev–Trinajstić information content (AvgIpc) is 2.68. The SMILES string of the molecule is O=C(CCc1cccnc1)NC1CN(C(=O)c2ccc3cccnc3n2)C1. The Morgan fingerprint density at radius 1 is 1.11 bits per heavy atom. The maximum Gasteiger partial charge on any atom is 0.272 e. The van der Waals surface area contributed by atoms with Crippen LogP contribution in [0.1, 0.15) is 22.5 Å². The van der Waals surface area contributed by atoms with Gasteiger partial charge in [0.05, 0.1) is 6.04 Å². The molecule has 0 radical (unpaired) electrons. The molecule has 4 heterocycles. The normalized spacial score (nSPS) is 14.0. The molecule has 3 aromatic rings. The summed E-state index contributed by atoms with van der Waals surface area (Å²) in [7, 11) is 0. The van der Waals surface area contributed by atoms with Crippen molar-refractivity contribution in [2.75, 3.05) is 13.1 Å². The van der Waals surface area contributed by atoms with Crippen molar-refractivity contribution < 1.29 is 9.59 Å². The number of fused-ring (bicyclic) bond motifs is 1. The van der Waals surface area contributed by atoms with Gasteiger partial charge in [0.1, 0.15) is 5.69 Å². The molecular weight excluding hydrogens is 342 g/mol. The van der Waals surface area contributed by atoms with Crippen molar-refractivity contribution in [2.45, 2.75) is 18.9 Å². The van der Waals surface area contributed by atoms with Crippen LogP contribution in [0, 0.1) is 0 Å². The number of hydrogen-bond acceptors (Lipinski definition) is 5. The number of rotatable bonds is 5. The highest BCUT2D eigenvalue weighted by atomic mass is 16.2. The molecule has 0 aliphatic carbocycles. The molecule has 4 rings (SSSR count). The Hall–Kier alpha value is -3.35. The summed E-state index contributed by atoms with van der Waals surface area (Å²) in [4.78, 5) is 38.8. The molecule has 0 bridgehead atoms. The molecule has 0 spiro atoms. The van der Waals surface area contributed by atoms with E-state index in [1.54, 1.807) is 29.6 Å². The Bertz CT molecular complexity index is 970. The second-order valence-corrected chi connectivity index (χ2v) is 6.58. The van der Waals surface area contributed by atoms with Crippen LogP contribution in [0.25, 0.3) is 11.0 Å². The summed E-state index contributed by atoms with van der Waals surface area (Å²) < 4.78 is 0. The lowest BCUT2D eigenvalue weighted by atomic mass is 10.1. The molecule has 136 valence electrons. The highest BCUT2D eigenvalue weighted by molar-refractivity contribution is 5.95. The van der Waals surface area contributed by atoms with Gasteiger partial charge in [-0.3, -0.25) is 14.6 Å². The van der Waals surface area contributed by atoms with E-state index < -0.39 is 0 Å². The van der Waals surface area contributed by atoms with E-state index in [0.717, 1.165) is 10.9 Å². The van der Waals surface area contributed by atoms with Gasteiger partial charge in [-0.2, -0.15) is 0 Å². The van der Waals surface area contributed by atoms with E-state index in [2.05, 4.69) is 20.3 Å². The third-order valence-corrected chi connectivity index (χ3v) is 4.58. The van der Waals surface area contributed by atoms with Gasteiger partial charge in [0.2, 0.25) is 5.91 Å². The van der Waals surface area contributed by atoms with Crippen LogP contribution in [-0.4, -0.2) is 50.8 Å². The topological polar surface area (TPSA) is 88.1 Å². The first-order chi connectivity index (χ1) is 13.2. The van der Waals surface area contributed by atoms with E-state index in [9.17, 15) is 9.59 Å². The molecule has 3 aromatic heterocycles. The van der Waals surface area contributed by atoms with Crippen LogP contribution in [0.2, 0.25) is 0 Å². The number of pyridine rings is 3. The molecule has 1 saturated heterocycles. The predicted octanol–water partition coefficient (Wildman–Crippen LogP) is 1.60. The number of carbonyl (C=O) groups is 2. The number of nitrogens with zero attached hydrogens (tertiary/aromatic N) is 4. The third kappa shape index (κ3) is 3.92. The number of likely N-dealkylation sites (tertiary alicyclic amines) is 1. The maximum atomic E-state index is 12.5. The van der Waals surface area contributed by atoms with Crippen molar-refractivity contribution in [3.8, 4) is 0 Å². The maximum absolute atomic E-state index is 12.5. The fraction of sp³-hybridized carbons (Fsp3) is 0.250.